The van der Waals surface area contributed by atoms with Crippen molar-refractivity contribution in [2.75, 3.05) is 7.11 Å². The average molecular weight is 222 g/mol. The van der Waals surface area contributed by atoms with Crippen LogP contribution >= 0.6 is 0 Å². The second-order valence-electron chi connectivity index (χ2n) is 3.32. The Morgan fingerprint density at radius 1 is 1.50 bits per heavy atom. The van der Waals surface area contributed by atoms with Gasteiger partial charge in [-0.3, -0.25) is 0 Å². The molecule has 0 saturated heterocycles. The van der Waals surface area contributed by atoms with Gasteiger partial charge >= 0.3 is 5.97 Å². The zero-order valence-electron chi connectivity index (χ0n) is 9.06. The number of hydrogen-bond acceptors (Lipinski definition) is 4. The maximum absolute atomic E-state index is 11.4. The molecule has 0 atom stereocenters. The highest BCUT2D eigenvalue weighted by atomic mass is 16.5. The molecule has 0 saturated carbocycles. The number of phenols is 2. The lowest BCUT2D eigenvalue weighted by Gasteiger charge is -2.09. The van der Waals surface area contributed by atoms with Gasteiger partial charge in [-0.2, -0.15) is 0 Å². The number of carbonyl (C=O) groups is 1. The molecule has 1 rings (SSSR count). The smallest absolute Gasteiger partial charge is 0.341 e. The first kappa shape index (κ1) is 12.1. The standard InChI is InChI=1S/C12H14O4/c1-3-4-5-8-6-9(13)7-10(14)11(8)12(15)16-2/h3,6-7,13-14H,1,4-5H2,2H3. The van der Waals surface area contributed by atoms with Gasteiger partial charge in [-0.05, 0) is 24.5 Å². The highest BCUT2D eigenvalue weighted by Gasteiger charge is 2.17. The fraction of sp³-hybridized carbons (Fsp3) is 0.250. The molecule has 0 amide bonds. The third-order valence-electron chi connectivity index (χ3n) is 2.19. The highest BCUT2D eigenvalue weighted by molar-refractivity contribution is 5.94. The number of carbonyl (C=O) groups excluding carboxylic acids is 1. The molecular formula is C12H14O4. The largest absolute Gasteiger partial charge is 0.508 e. The zero-order chi connectivity index (χ0) is 12.1. The first-order valence-electron chi connectivity index (χ1n) is 4.84. The molecular weight excluding hydrogens is 208 g/mol. The van der Waals surface area contributed by atoms with Crippen LogP contribution in [0.15, 0.2) is 24.8 Å². The number of methoxy groups -OCH3 is 1. The average Bonchev–Trinajstić information content (AvgIpc) is 2.24. The summed E-state index contributed by atoms with van der Waals surface area (Å²) < 4.78 is 4.57. The highest BCUT2D eigenvalue weighted by Crippen LogP contribution is 2.28. The molecule has 1 aromatic rings. The first-order chi connectivity index (χ1) is 7.60. The van der Waals surface area contributed by atoms with Crippen LogP contribution in [0.1, 0.15) is 22.3 Å². The lowest BCUT2D eigenvalue weighted by atomic mass is 10.0. The Bertz CT molecular complexity index is 410. The van der Waals surface area contributed by atoms with E-state index in [9.17, 15) is 15.0 Å². The maximum Gasteiger partial charge on any atom is 0.341 e. The Hall–Kier alpha value is -1.97. The third-order valence-corrected chi connectivity index (χ3v) is 2.19. The Kier molecular flexibility index (Phi) is 3.94. The molecule has 0 bridgehead atoms. The number of aryl methyl sites for hydroxylation is 1. The molecule has 16 heavy (non-hydrogen) atoms. The molecule has 4 nitrogen and oxygen atoms in total. The zero-order valence-corrected chi connectivity index (χ0v) is 9.06. The van der Waals surface area contributed by atoms with E-state index in [0.717, 1.165) is 6.07 Å². The van der Waals surface area contributed by atoms with Crippen molar-refractivity contribution in [1.29, 1.82) is 0 Å². The number of aromatic hydroxyl groups is 2. The van der Waals surface area contributed by atoms with E-state index in [1.165, 1.54) is 13.2 Å². The molecule has 0 radical (unpaired) electrons. The topological polar surface area (TPSA) is 66.8 Å². The molecule has 0 unspecified atom stereocenters. The number of phenolic OH excluding ortho intramolecular Hbond substituents is 2. The van der Waals surface area contributed by atoms with Gasteiger partial charge in [0.15, 0.2) is 0 Å². The molecule has 0 heterocycles. The minimum atomic E-state index is -0.614. The van der Waals surface area contributed by atoms with Crippen LogP contribution in [0.5, 0.6) is 11.5 Å². The van der Waals surface area contributed by atoms with Crippen molar-refractivity contribution in [3.8, 4) is 11.5 Å². The number of rotatable bonds is 4. The van der Waals surface area contributed by atoms with Crippen LogP contribution in [0.25, 0.3) is 0 Å². The number of hydrogen-bond donors (Lipinski definition) is 2. The van der Waals surface area contributed by atoms with E-state index in [1.807, 2.05) is 0 Å². The number of benzene rings is 1. The molecule has 0 spiro atoms. The van der Waals surface area contributed by atoms with Crippen LogP contribution in [0, 0.1) is 0 Å². The summed E-state index contributed by atoms with van der Waals surface area (Å²) in [5.74, 6) is -0.966. The molecule has 1 aromatic carbocycles. The normalized spacial score (nSPS) is 9.81. The summed E-state index contributed by atoms with van der Waals surface area (Å²) in [5.41, 5.74) is 0.645. The fourth-order valence-corrected chi connectivity index (χ4v) is 1.46. The van der Waals surface area contributed by atoms with E-state index >= 15 is 0 Å². The monoisotopic (exact) mass is 222 g/mol. The van der Waals surface area contributed by atoms with Crippen molar-refractivity contribution in [2.45, 2.75) is 12.8 Å². The lowest BCUT2D eigenvalue weighted by molar-refractivity contribution is 0.0596. The second-order valence-corrected chi connectivity index (χ2v) is 3.32. The summed E-state index contributed by atoms with van der Waals surface area (Å²) in [6.45, 7) is 3.57. The molecule has 86 valence electrons. The van der Waals surface area contributed by atoms with E-state index in [0.29, 0.717) is 18.4 Å². The van der Waals surface area contributed by atoms with Gasteiger partial charge in [0.25, 0.3) is 0 Å². The van der Waals surface area contributed by atoms with E-state index in [2.05, 4.69) is 11.3 Å². The molecule has 0 aliphatic heterocycles. The number of esters is 1. The van der Waals surface area contributed by atoms with Crippen molar-refractivity contribution in [1.82, 2.24) is 0 Å². The summed E-state index contributed by atoms with van der Waals surface area (Å²) >= 11 is 0. The van der Waals surface area contributed by atoms with Crippen molar-refractivity contribution in [3.63, 3.8) is 0 Å². The van der Waals surface area contributed by atoms with Crippen LogP contribution in [0.3, 0.4) is 0 Å². The number of allylic oxidation sites excluding steroid dienone is 1. The summed E-state index contributed by atoms with van der Waals surface area (Å²) in [5, 5.41) is 18.9. The van der Waals surface area contributed by atoms with Gasteiger partial charge in [0, 0.05) is 6.07 Å². The predicted molar refractivity (Wildman–Crippen MR) is 59.6 cm³/mol. The summed E-state index contributed by atoms with van der Waals surface area (Å²) in [6.07, 6.45) is 2.85. The SMILES string of the molecule is C=CCCc1cc(O)cc(O)c1C(=O)OC. The Morgan fingerprint density at radius 3 is 2.75 bits per heavy atom. The van der Waals surface area contributed by atoms with E-state index in [1.54, 1.807) is 6.08 Å². The van der Waals surface area contributed by atoms with Crippen molar-refractivity contribution in [2.24, 2.45) is 0 Å². The van der Waals surface area contributed by atoms with E-state index < -0.39 is 5.97 Å². The predicted octanol–water partition coefficient (Wildman–Crippen LogP) is 2.00. The molecule has 0 aromatic heterocycles. The molecule has 0 fully saturated rings. The van der Waals surface area contributed by atoms with Gasteiger partial charge < -0.3 is 14.9 Å². The van der Waals surface area contributed by atoms with Gasteiger partial charge in [-0.15, -0.1) is 6.58 Å². The van der Waals surface area contributed by atoms with Crippen LogP contribution in [0.4, 0.5) is 0 Å². The van der Waals surface area contributed by atoms with Gasteiger partial charge in [0.05, 0.1) is 7.11 Å². The third kappa shape index (κ3) is 2.53. The summed E-state index contributed by atoms with van der Waals surface area (Å²) in [4.78, 5) is 11.4. The van der Waals surface area contributed by atoms with Gasteiger partial charge in [-0.25, -0.2) is 4.79 Å². The molecule has 4 heteroatoms. The fourth-order valence-electron chi connectivity index (χ4n) is 1.46. The van der Waals surface area contributed by atoms with Crippen LogP contribution < -0.4 is 0 Å². The van der Waals surface area contributed by atoms with Crippen molar-refractivity contribution >= 4 is 5.97 Å². The second kappa shape index (κ2) is 5.21. The molecule has 2 N–H and O–H groups in total. The Labute approximate surface area is 93.8 Å². The first-order valence-corrected chi connectivity index (χ1v) is 4.84. The number of ether oxygens (including phenoxy) is 1. The Balaban J connectivity index is 3.20. The maximum atomic E-state index is 11.4. The van der Waals surface area contributed by atoms with Crippen LogP contribution in [0.2, 0.25) is 0 Å². The van der Waals surface area contributed by atoms with Gasteiger partial charge in [0.1, 0.15) is 17.1 Å². The van der Waals surface area contributed by atoms with E-state index in [-0.39, 0.29) is 17.1 Å². The van der Waals surface area contributed by atoms with Crippen LogP contribution in [-0.2, 0) is 11.2 Å². The Morgan fingerprint density at radius 2 is 2.19 bits per heavy atom. The van der Waals surface area contributed by atoms with Crippen molar-refractivity contribution < 1.29 is 19.7 Å². The molecule has 0 aliphatic carbocycles. The lowest BCUT2D eigenvalue weighted by Crippen LogP contribution is -2.06. The minimum Gasteiger partial charge on any atom is -0.508 e. The quantitative estimate of drug-likeness (QED) is 0.604. The van der Waals surface area contributed by atoms with Crippen molar-refractivity contribution in [3.05, 3.63) is 35.9 Å². The van der Waals surface area contributed by atoms with Gasteiger partial charge in [0.2, 0.25) is 0 Å². The van der Waals surface area contributed by atoms with E-state index in [4.69, 9.17) is 0 Å². The van der Waals surface area contributed by atoms with Crippen LogP contribution in [-0.4, -0.2) is 23.3 Å². The summed E-state index contributed by atoms with van der Waals surface area (Å²) in [7, 11) is 1.24. The molecule has 0 aliphatic rings. The van der Waals surface area contributed by atoms with Gasteiger partial charge in [-0.1, -0.05) is 6.08 Å². The summed E-state index contributed by atoms with van der Waals surface area (Å²) in [6, 6.07) is 2.55. The minimum absolute atomic E-state index is 0.0794.